The highest BCUT2D eigenvalue weighted by Gasteiger charge is 2.13. The van der Waals surface area contributed by atoms with Gasteiger partial charge in [0.25, 0.3) is 0 Å². The number of carbonyl (C=O) groups excluding carboxylic acids is 1. The maximum absolute atomic E-state index is 11.4. The van der Waals surface area contributed by atoms with Gasteiger partial charge in [-0.3, -0.25) is 0 Å². The van der Waals surface area contributed by atoms with Gasteiger partial charge in [-0.1, -0.05) is 0 Å². The molecule has 1 aromatic carbocycles. The average molecular weight is 315 g/mol. The van der Waals surface area contributed by atoms with Crippen molar-refractivity contribution < 1.29 is 19.1 Å². The Bertz CT molecular complexity index is 662. The minimum absolute atomic E-state index is 0.0392. The number of carbonyl (C=O) groups is 1. The molecule has 0 amide bonds. The number of esters is 1. The normalized spacial score (nSPS) is 10.5. The van der Waals surface area contributed by atoms with Gasteiger partial charge in [-0.05, 0) is 40.3 Å². The first-order valence-corrected chi connectivity index (χ1v) is 5.77. The smallest absolute Gasteiger partial charge is 0.337 e. The zero-order chi connectivity index (χ0) is 12.6. The summed E-state index contributed by atoms with van der Waals surface area (Å²) in [6.07, 6.45) is 0. The number of hydrogen-bond acceptors (Lipinski definition) is 5. The molecule has 0 unspecified atom stereocenters. The van der Waals surface area contributed by atoms with Crippen LogP contribution in [0.3, 0.4) is 0 Å². The molecule has 0 bridgehead atoms. The van der Waals surface area contributed by atoms with Gasteiger partial charge in [-0.25, -0.2) is 4.79 Å². The minimum Gasteiger partial charge on any atom is -0.507 e. The summed E-state index contributed by atoms with van der Waals surface area (Å²) < 4.78 is 10.6. The van der Waals surface area contributed by atoms with E-state index >= 15 is 0 Å². The van der Waals surface area contributed by atoms with E-state index in [2.05, 4.69) is 20.7 Å². The van der Waals surface area contributed by atoms with Crippen molar-refractivity contribution in [2.24, 2.45) is 0 Å². The van der Waals surface area contributed by atoms with Crippen molar-refractivity contribution in [1.29, 1.82) is 0 Å². The van der Waals surface area contributed by atoms with Crippen LogP contribution in [0.25, 0.3) is 11.0 Å². The molecule has 0 aliphatic carbocycles. The molecule has 0 radical (unpaired) electrons. The van der Waals surface area contributed by atoms with Gasteiger partial charge >= 0.3 is 5.97 Å². The van der Waals surface area contributed by atoms with E-state index < -0.39 is 5.97 Å². The first-order chi connectivity index (χ1) is 8.02. The van der Waals surface area contributed by atoms with Gasteiger partial charge in [0.2, 0.25) is 0 Å². The maximum atomic E-state index is 11.4. The molecule has 0 saturated heterocycles. The monoisotopic (exact) mass is 314 g/mol. The van der Waals surface area contributed by atoms with Crippen molar-refractivity contribution in [1.82, 2.24) is 0 Å². The van der Waals surface area contributed by atoms with Crippen LogP contribution in [-0.4, -0.2) is 18.2 Å². The Labute approximate surface area is 110 Å². The third-order valence-corrected chi connectivity index (χ3v) is 2.99. The topological polar surface area (TPSA) is 59.7 Å². The van der Waals surface area contributed by atoms with Crippen molar-refractivity contribution in [2.45, 2.75) is 0 Å². The van der Waals surface area contributed by atoms with E-state index in [1.54, 1.807) is 6.07 Å². The first kappa shape index (κ1) is 12.1. The zero-order valence-electron chi connectivity index (χ0n) is 8.69. The Morgan fingerprint density at radius 1 is 1.47 bits per heavy atom. The Kier molecular flexibility index (Phi) is 3.17. The SMILES string of the molecule is COC(=O)c1cc(Br)c2oc(=S)cc(O)c2c1. The van der Waals surface area contributed by atoms with Crippen molar-refractivity contribution in [3.8, 4) is 5.75 Å². The summed E-state index contributed by atoms with van der Waals surface area (Å²) in [7, 11) is 1.29. The predicted octanol–water partition coefficient (Wildman–Crippen LogP) is 3.42. The predicted molar refractivity (Wildman–Crippen MR) is 67.8 cm³/mol. The fraction of sp³-hybridized carbons (Fsp3) is 0.0909. The molecule has 1 heterocycles. The lowest BCUT2D eigenvalue weighted by Gasteiger charge is -2.05. The zero-order valence-corrected chi connectivity index (χ0v) is 11.1. The van der Waals surface area contributed by atoms with Crippen molar-refractivity contribution in [3.05, 3.63) is 32.9 Å². The van der Waals surface area contributed by atoms with Gasteiger partial charge in [-0.15, -0.1) is 0 Å². The summed E-state index contributed by atoms with van der Waals surface area (Å²) >= 11 is 8.11. The van der Waals surface area contributed by atoms with E-state index in [0.717, 1.165) is 0 Å². The number of benzene rings is 1. The number of fused-ring (bicyclic) bond motifs is 1. The second kappa shape index (κ2) is 4.46. The molecule has 2 rings (SSSR count). The van der Waals surface area contributed by atoms with Gasteiger partial charge in [0.15, 0.2) is 10.3 Å². The second-order valence-electron chi connectivity index (χ2n) is 3.28. The number of methoxy groups -OCH3 is 1. The molecule has 6 heteroatoms. The summed E-state index contributed by atoms with van der Waals surface area (Å²) in [6.45, 7) is 0. The average Bonchev–Trinajstić information content (AvgIpc) is 2.29. The molecule has 17 heavy (non-hydrogen) atoms. The molecular formula is C11H7BrO4S. The standard InChI is InChI=1S/C11H7BrO4S/c1-15-11(14)5-2-6-8(13)4-9(17)16-10(6)7(12)3-5/h2-4,13H,1H3. The van der Waals surface area contributed by atoms with E-state index in [1.165, 1.54) is 19.2 Å². The third kappa shape index (κ3) is 2.18. The summed E-state index contributed by atoms with van der Waals surface area (Å²) in [5.41, 5.74) is 0.706. The van der Waals surface area contributed by atoms with E-state index in [9.17, 15) is 9.90 Å². The van der Waals surface area contributed by atoms with Crippen LogP contribution in [0.2, 0.25) is 0 Å². The fourth-order valence-electron chi connectivity index (χ4n) is 1.44. The number of ether oxygens (including phenoxy) is 1. The van der Waals surface area contributed by atoms with Crippen LogP contribution in [0.1, 0.15) is 10.4 Å². The Morgan fingerprint density at radius 2 is 2.18 bits per heavy atom. The molecule has 0 aliphatic rings. The highest BCUT2D eigenvalue weighted by Crippen LogP contribution is 2.32. The lowest BCUT2D eigenvalue weighted by atomic mass is 10.1. The summed E-state index contributed by atoms with van der Waals surface area (Å²) in [6, 6.07) is 4.34. The summed E-state index contributed by atoms with van der Waals surface area (Å²) in [5, 5.41) is 10.2. The molecule has 2 aromatic rings. The third-order valence-electron chi connectivity index (χ3n) is 2.20. The minimum atomic E-state index is -0.491. The van der Waals surface area contributed by atoms with E-state index in [1.807, 2.05) is 0 Å². The van der Waals surface area contributed by atoms with Crippen LogP contribution >= 0.6 is 28.1 Å². The Balaban J connectivity index is 2.82. The van der Waals surface area contributed by atoms with Crippen LogP contribution in [0.4, 0.5) is 0 Å². The molecule has 4 nitrogen and oxygen atoms in total. The number of aromatic hydroxyl groups is 1. The molecular weight excluding hydrogens is 308 g/mol. The lowest BCUT2D eigenvalue weighted by Crippen LogP contribution is -2.01. The highest BCUT2D eigenvalue weighted by atomic mass is 79.9. The van der Waals surface area contributed by atoms with Crippen LogP contribution < -0.4 is 0 Å². The Hall–Kier alpha value is -1.40. The first-order valence-electron chi connectivity index (χ1n) is 4.57. The second-order valence-corrected chi connectivity index (χ2v) is 4.53. The summed E-state index contributed by atoms with van der Waals surface area (Å²) in [5.74, 6) is -0.530. The molecule has 0 saturated carbocycles. The highest BCUT2D eigenvalue weighted by molar-refractivity contribution is 9.10. The van der Waals surface area contributed by atoms with Crippen LogP contribution in [0, 0.1) is 4.71 Å². The van der Waals surface area contributed by atoms with E-state index in [0.29, 0.717) is 21.0 Å². The molecule has 0 spiro atoms. The molecule has 1 N–H and O–H groups in total. The quantitative estimate of drug-likeness (QED) is 0.645. The van der Waals surface area contributed by atoms with Gasteiger partial charge < -0.3 is 14.3 Å². The molecule has 0 aliphatic heterocycles. The molecule has 0 fully saturated rings. The number of halogens is 1. The fourth-order valence-corrected chi connectivity index (χ4v) is 2.18. The van der Waals surface area contributed by atoms with Gasteiger partial charge in [0.1, 0.15) is 5.75 Å². The molecule has 0 atom stereocenters. The lowest BCUT2D eigenvalue weighted by molar-refractivity contribution is 0.0601. The number of hydrogen-bond donors (Lipinski definition) is 1. The van der Waals surface area contributed by atoms with Gasteiger partial charge in [-0.2, -0.15) is 0 Å². The van der Waals surface area contributed by atoms with Gasteiger partial charge in [0.05, 0.1) is 22.5 Å². The van der Waals surface area contributed by atoms with Crippen LogP contribution in [-0.2, 0) is 4.74 Å². The summed E-state index contributed by atoms with van der Waals surface area (Å²) in [4.78, 5) is 11.4. The van der Waals surface area contributed by atoms with Gasteiger partial charge in [0, 0.05) is 6.07 Å². The number of rotatable bonds is 1. The van der Waals surface area contributed by atoms with E-state index in [-0.39, 0.29) is 10.5 Å². The molecule has 88 valence electrons. The van der Waals surface area contributed by atoms with Crippen LogP contribution in [0.15, 0.2) is 27.1 Å². The maximum Gasteiger partial charge on any atom is 0.337 e. The van der Waals surface area contributed by atoms with Crippen molar-refractivity contribution >= 4 is 45.1 Å². The van der Waals surface area contributed by atoms with E-state index in [4.69, 9.17) is 16.6 Å². The largest absolute Gasteiger partial charge is 0.507 e. The van der Waals surface area contributed by atoms with Crippen molar-refractivity contribution in [2.75, 3.05) is 7.11 Å². The Morgan fingerprint density at radius 3 is 2.82 bits per heavy atom. The van der Waals surface area contributed by atoms with Crippen LogP contribution in [0.5, 0.6) is 5.75 Å². The molecule has 1 aromatic heterocycles. The van der Waals surface area contributed by atoms with Crippen molar-refractivity contribution in [3.63, 3.8) is 0 Å².